The maximum Gasteiger partial charge on any atom is 0.264 e. The number of aryl methyl sites for hydroxylation is 2. The van der Waals surface area contributed by atoms with Crippen LogP contribution in [0, 0.1) is 19.7 Å². The van der Waals surface area contributed by atoms with Gasteiger partial charge in [-0.05, 0) is 67.8 Å². The van der Waals surface area contributed by atoms with E-state index in [1.54, 1.807) is 61.5 Å². The Hall–Kier alpha value is -4.50. The fraction of sp³-hybridized carbons (Fsp3) is 0.235. The van der Waals surface area contributed by atoms with Crippen LogP contribution >= 0.6 is 0 Å². The summed E-state index contributed by atoms with van der Waals surface area (Å²) in [5.74, 6) is -1.59. The number of carbonyl (C=O) groups is 2. The first-order valence-corrected chi connectivity index (χ1v) is 15.6. The standard InChI is InChI=1S/C34H36FN3O4S/c1-4-36-34(40)32(22-27-13-7-5-8-14-27)37(23-28-15-11-12-18-31(28)35)33(39)24-38(29-20-19-25(2)26(3)21-29)43(41,42)30-16-9-6-10-17-30/h5-21,32H,4,22-24H2,1-3H3,(H,36,40)/t32-/m1/s1. The van der Waals surface area contributed by atoms with E-state index in [9.17, 15) is 22.4 Å². The molecule has 0 saturated heterocycles. The number of halogens is 1. The molecule has 43 heavy (non-hydrogen) atoms. The quantitative estimate of drug-likeness (QED) is 0.235. The van der Waals surface area contributed by atoms with Gasteiger partial charge < -0.3 is 10.2 Å². The fourth-order valence-electron chi connectivity index (χ4n) is 4.79. The van der Waals surface area contributed by atoms with E-state index in [1.165, 1.54) is 23.1 Å². The molecule has 224 valence electrons. The first-order chi connectivity index (χ1) is 20.6. The highest BCUT2D eigenvalue weighted by Crippen LogP contribution is 2.27. The molecule has 4 aromatic rings. The van der Waals surface area contributed by atoms with Gasteiger partial charge in [-0.15, -0.1) is 0 Å². The van der Waals surface area contributed by atoms with Crippen LogP contribution in [0.15, 0.2) is 108 Å². The highest BCUT2D eigenvalue weighted by Gasteiger charge is 2.34. The molecule has 0 unspecified atom stereocenters. The maximum atomic E-state index is 14.9. The Morgan fingerprint density at radius 3 is 2.09 bits per heavy atom. The van der Waals surface area contributed by atoms with Gasteiger partial charge in [0.25, 0.3) is 10.0 Å². The van der Waals surface area contributed by atoms with E-state index in [-0.39, 0.29) is 23.4 Å². The molecule has 9 heteroatoms. The van der Waals surface area contributed by atoms with Crippen LogP contribution in [0.5, 0.6) is 0 Å². The molecule has 1 N–H and O–H groups in total. The molecule has 0 bridgehead atoms. The summed E-state index contributed by atoms with van der Waals surface area (Å²) in [4.78, 5) is 29.1. The van der Waals surface area contributed by atoms with E-state index in [2.05, 4.69) is 5.32 Å². The van der Waals surface area contributed by atoms with Gasteiger partial charge in [0.15, 0.2) is 0 Å². The van der Waals surface area contributed by atoms with Crippen molar-refractivity contribution in [1.29, 1.82) is 0 Å². The lowest BCUT2D eigenvalue weighted by molar-refractivity contribution is -0.140. The van der Waals surface area contributed by atoms with Crippen LogP contribution in [0.1, 0.15) is 29.2 Å². The van der Waals surface area contributed by atoms with Crippen LogP contribution in [-0.4, -0.2) is 44.3 Å². The lowest BCUT2D eigenvalue weighted by Gasteiger charge is -2.34. The van der Waals surface area contributed by atoms with Gasteiger partial charge in [0.2, 0.25) is 11.8 Å². The van der Waals surface area contributed by atoms with Crippen LogP contribution in [0.2, 0.25) is 0 Å². The SMILES string of the molecule is CCNC(=O)[C@@H](Cc1ccccc1)N(Cc1ccccc1F)C(=O)CN(c1ccc(C)c(C)c1)S(=O)(=O)c1ccccc1. The average Bonchev–Trinajstić information content (AvgIpc) is 3.01. The van der Waals surface area contributed by atoms with E-state index in [0.717, 1.165) is 21.0 Å². The van der Waals surface area contributed by atoms with Gasteiger partial charge in [-0.3, -0.25) is 13.9 Å². The first kappa shape index (κ1) is 31.4. The summed E-state index contributed by atoms with van der Waals surface area (Å²) in [5, 5.41) is 2.80. The highest BCUT2D eigenvalue weighted by molar-refractivity contribution is 7.92. The normalized spacial score (nSPS) is 11.9. The smallest absolute Gasteiger partial charge is 0.264 e. The molecule has 4 aromatic carbocycles. The predicted molar refractivity (Wildman–Crippen MR) is 166 cm³/mol. The Morgan fingerprint density at radius 1 is 0.837 bits per heavy atom. The number of benzene rings is 4. The Balaban J connectivity index is 1.81. The Bertz CT molecular complexity index is 1660. The number of hydrogen-bond acceptors (Lipinski definition) is 4. The van der Waals surface area contributed by atoms with Crippen molar-refractivity contribution in [3.8, 4) is 0 Å². The zero-order valence-electron chi connectivity index (χ0n) is 24.5. The minimum Gasteiger partial charge on any atom is -0.355 e. The zero-order chi connectivity index (χ0) is 31.0. The lowest BCUT2D eigenvalue weighted by Crippen LogP contribution is -2.53. The molecule has 4 rings (SSSR count). The summed E-state index contributed by atoms with van der Waals surface area (Å²) in [6, 6.07) is 27.3. The molecular formula is C34H36FN3O4S. The third kappa shape index (κ3) is 7.67. The van der Waals surface area contributed by atoms with Crippen molar-refractivity contribution in [3.63, 3.8) is 0 Å². The monoisotopic (exact) mass is 601 g/mol. The highest BCUT2D eigenvalue weighted by atomic mass is 32.2. The van der Waals surface area contributed by atoms with Gasteiger partial charge in [0, 0.05) is 25.1 Å². The van der Waals surface area contributed by atoms with Crippen LogP contribution in [0.3, 0.4) is 0 Å². The van der Waals surface area contributed by atoms with E-state index in [4.69, 9.17) is 0 Å². The second kappa shape index (κ2) is 14.1. The Labute approximate surface area is 253 Å². The van der Waals surface area contributed by atoms with Gasteiger partial charge in [-0.2, -0.15) is 0 Å². The van der Waals surface area contributed by atoms with Gasteiger partial charge in [-0.25, -0.2) is 12.8 Å². The molecular weight excluding hydrogens is 565 g/mol. The third-order valence-electron chi connectivity index (χ3n) is 7.31. The number of hydrogen-bond donors (Lipinski definition) is 1. The maximum absolute atomic E-state index is 14.9. The number of nitrogens with zero attached hydrogens (tertiary/aromatic N) is 2. The molecule has 0 aliphatic carbocycles. The molecule has 7 nitrogen and oxygen atoms in total. The van der Waals surface area contributed by atoms with Gasteiger partial charge in [-0.1, -0.05) is 72.8 Å². The van der Waals surface area contributed by atoms with Crippen molar-refractivity contribution in [2.24, 2.45) is 0 Å². The largest absolute Gasteiger partial charge is 0.355 e. The van der Waals surface area contributed by atoms with Gasteiger partial charge in [0.1, 0.15) is 18.4 Å². The molecule has 0 heterocycles. The van der Waals surface area contributed by atoms with Crippen LogP contribution in [0.25, 0.3) is 0 Å². The Morgan fingerprint density at radius 2 is 1.47 bits per heavy atom. The van der Waals surface area contributed by atoms with Crippen molar-refractivity contribution in [3.05, 3.63) is 131 Å². The molecule has 2 amide bonds. The van der Waals surface area contributed by atoms with E-state index in [1.807, 2.05) is 44.2 Å². The number of rotatable bonds is 12. The van der Waals surface area contributed by atoms with E-state index in [0.29, 0.717) is 12.2 Å². The minimum absolute atomic E-state index is 0.0197. The van der Waals surface area contributed by atoms with Crippen molar-refractivity contribution < 1.29 is 22.4 Å². The zero-order valence-corrected chi connectivity index (χ0v) is 25.4. The third-order valence-corrected chi connectivity index (χ3v) is 9.10. The lowest BCUT2D eigenvalue weighted by atomic mass is 10.0. The molecule has 0 aliphatic heterocycles. The van der Waals surface area contributed by atoms with Crippen LogP contribution in [0.4, 0.5) is 10.1 Å². The van der Waals surface area contributed by atoms with Gasteiger partial charge in [0.05, 0.1) is 10.6 Å². The summed E-state index contributed by atoms with van der Waals surface area (Å²) < 4.78 is 44.0. The molecule has 0 spiro atoms. The van der Waals surface area contributed by atoms with E-state index >= 15 is 0 Å². The number of amides is 2. The number of sulfonamides is 1. The summed E-state index contributed by atoms with van der Waals surface area (Å²) in [6.07, 6.45) is 0.155. The summed E-state index contributed by atoms with van der Waals surface area (Å²) in [7, 11) is -4.20. The van der Waals surface area contributed by atoms with Crippen molar-refractivity contribution in [1.82, 2.24) is 10.2 Å². The molecule has 0 saturated carbocycles. The molecule has 0 fully saturated rings. The van der Waals surface area contributed by atoms with E-state index < -0.39 is 40.2 Å². The molecule has 0 aliphatic rings. The Kier molecular flexibility index (Phi) is 10.3. The second-order valence-corrected chi connectivity index (χ2v) is 12.2. The summed E-state index contributed by atoms with van der Waals surface area (Å²) in [6.45, 7) is 5.04. The number of likely N-dealkylation sites (N-methyl/N-ethyl adjacent to an activating group) is 1. The van der Waals surface area contributed by atoms with Crippen LogP contribution in [-0.2, 0) is 32.6 Å². The second-order valence-electron chi connectivity index (χ2n) is 10.3. The predicted octanol–water partition coefficient (Wildman–Crippen LogP) is 5.41. The van der Waals surface area contributed by atoms with Gasteiger partial charge >= 0.3 is 0 Å². The van der Waals surface area contributed by atoms with Crippen molar-refractivity contribution in [2.75, 3.05) is 17.4 Å². The summed E-state index contributed by atoms with van der Waals surface area (Å²) in [5.41, 5.74) is 3.14. The van der Waals surface area contributed by atoms with Crippen molar-refractivity contribution in [2.45, 2.75) is 44.7 Å². The molecule has 0 radical (unpaired) electrons. The topological polar surface area (TPSA) is 86.8 Å². The van der Waals surface area contributed by atoms with Crippen LogP contribution < -0.4 is 9.62 Å². The minimum atomic E-state index is -4.20. The number of nitrogens with one attached hydrogen (secondary N) is 1. The fourth-order valence-corrected chi connectivity index (χ4v) is 6.21. The average molecular weight is 602 g/mol. The number of carbonyl (C=O) groups excluding carboxylic acids is 2. The first-order valence-electron chi connectivity index (χ1n) is 14.1. The summed E-state index contributed by atoms with van der Waals surface area (Å²) >= 11 is 0. The number of anilines is 1. The molecule has 0 aromatic heterocycles. The molecule has 1 atom stereocenters. The van der Waals surface area contributed by atoms with Crippen molar-refractivity contribution >= 4 is 27.5 Å².